The molecular formula is C14H18. The molecule has 74 valence electrons. The predicted molar refractivity (Wildman–Crippen MR) is 62.1 cm³/mol. The van der Waals surface area contributed by atoms with Crippen molar-refractivity contribution < 1.29 is 0 Å². The number of hydrogen-bond donors (Lipinski definition) is 0. The molecule has 2 rings (SSSR count). The van der Waals surface area contributed by atoms with Crippen LogP contribution in [0, 0.1) is 5.41 Å². The zero-order valence-corrected chi connectivity index (χ0v) is 9.52. The van der Waals surface area contributed by atoms with Gasteiger partial charge in [0.25, 0.3) is 0 Å². The highest BCUT2D eigenvalue weighted by molar-refractivity contribution is 5.52. The first-order valence-corrected chi connectivity index (χ1v) is 5.29. The maximum absolute atomic E-state index is 2.41. The summed E-state index contributed by atoms with van der Waals surface area (Å²) in [6.07, 6.45) is 10.2. The van der Waals surface area contributed by atoms with Crippen LogP contribution in [0.1, 0.15) is 34.1 Å². The summed E-state index contributed by atoms with van der Waals surface area (Å²) in [4.78, 5) is 0. The fourth-order valence-corrected chi connectivity index (χ4v) is 2.50. The van der Waals surface area contributed by atoms with E-state index < -0.39 is 0 Å². The molecule has 0 aliphatic heterocycles. The highest BCUT2D eigenvalue weighted by Gasteiger charge is 2.33. The monoisotopic (exact) mass is 186 g/mol. The van der Waals surface area contributed by atoms with Gasteiger partial charge in [0.1, 0.15) is 0 Å². The molecular weight excluding hydrogens is 168 g/mol. The third-order valence-electron chi connectivity index (χ3n) is 3.88. The zero-order valence-electron chi connectivity index (χ0n) is 9.52. The van der Waals surface area contributed by atoms with Gasteiger partial charge >= 0.3 is 0 Å². The molecule has 14 heavy (non-hydrogen) atoms. The van der Waals surface area contributed by atoms with E-state index in [1.807, 2.05) is 0 Å². The molecule has 1 unspecified atom stereocenters. The van der Waals surface area contributed by atoms with E-state index in [1.54, 1.807) is 0 Å². The van der Waals surface area contributed by atoms with Crippen LogP contribution in [0.25, 0.3) is 0 Å². The third-order valence-corrected chi connectivity index (χ3v) is 3.88. The van der Waals surface area contributed by atoms with Crippen LogP contribution in [0.15, 0.2) is 46.6 Å². The van der Waals surface area contributed by atoms with Crippen molar-refractivity contribution in [1.82, 2.24) is 0 Å². The van der Waals surface area contributed by atoms with Crippen LogP contribution in [-0.4, -0.2) is 0 Å². The molecule has 1 atom stereocenters. The molecule has 0 aromatic rings. The van der Waals surface area contributed by atoms with Crippen molar-refractivity contribution in [2.75, 3.05) is 0 Å². The van der Waals surface area contributed by atoms with Gasteiger partial charge in [-0.05, 0) is 39.7 Å². The summed E-state index contributed by atoms with van der Waals surface area (Å²) in [6, 6.07) is 0. The second kappa shape index (κ2) is 2.98. The fraction of sp³-hybridized carbons (Fsp3) is 0.429. The molecule has 0 radical (unpaired) electrons. The van der Waals surface area contributed by atoms with Gasteiger partial charge in [-0.1, -0.05) is 41.0 Å². The molecule has 0 saturated carbocycles. The summed E-state index contributed by atoms with van der Waals surface area (Å²) >= 11 is 0. The van der Waals surface area contributed by atoms with Gasteiger partial charge in [0.05, 0.1) is 0 Å². The highest BCUT2D eigenvalue weighted by atomic mass is 14.4. The van der Waals surface area contributed by atoms with Crippen LogP contribution in [0.3, 0.4) is 0 Å². The topological polar surface area (TPSA) is 0 Å². The molecule has 2 aliphatic rings. The van der Waals surface area contributed by atoms with Crippen LogP contribution in [0.4, 0.5) is 0 Å². The van der Waals surface area contributed by atoms with Gasteiger partial charge in [0, 0.05) is 5.41 Å². The molecule has 0 bridgehead atoms. The molecule has 0 N–H and O–H groups in total. The average Bonchev–Trinajstić information content (AvgIpc) is 2.73. The van der Waals surface area contributed by atoms with Crippen LogP contribution in [0.2, 0.25) is 0 Å². The first kappa shape index (κ1) is 9.51. The standard InChI is InChI=1S/C14H18/c1-10-9-14(4,12(3)11(10)2)13-7-5-6-8-13/h5-7,9H,8H2,1-4H3. The van der Waals surface area contributed by atoms with Gasteiger partial charge in [0.2, 0.25) is 0 Å². The lowest BCUT2D eigenvalue weighted by molar-refractivity contribution is 0.612. The summed E-state index contributed by atoms with van der Waals surface area (Å²) in [5.41, 5.74) is 6.16. The number of hydrogen-bond acceptors (Lipinski definition) is 0. The van der Waals surface area contributed by atoms with Gasteiger partial charge in [-0.25, -0.2) is 0 Å². The number of allylic oxidation sites excluding steroid dienone is 8. The van der Waals surface area contributed by atoms with E-state index >= 15 is 0 Å². The molecule has 2 aliphatic carbocycles. The summed E-state index contributed by atoms with van der Waals surface area (Å²) < 4.78 is 0. The smallest absolute Gasteiger partial charge is 0.0287 e. The van der Waals surface area contributed by atoms with Crippen molar-refractivity contribution in [1.29, 1.82) is 0 Å². The maximum atomic E-state index is 2.41. The largest absolute Gasteiger partial charge is 0.0804 e. The molecule has 0 amide bonds. The lowest BCUT2D eigenvalue weighted by Gasteiger charge is -2.26. The van der Waals surface area contributed by atoms with Crippen molar-refractivity contribution >= 4 is 0 Å². The molecule has 0 fully saturated rings. The van der Waals surface area contributed by atoms with E-state index in [1.165, 1.54) is 22.3 Å². The Balaban J connectivity index is 2.45. The van der Waals surface area contributed by atoms with Crippen LogP contribution in [-0.2, 0) is 0 Å². The summed E-state index contributed by atoms with van der Waals surface area (Å²) in [7, 11) is 0. The van der Waals surface area contributed by atoms with E-state index in [4.69, 9.17) is 0 Å². The van der Waals surface area contributed by atoms with E-state index in [-0.39, 0.29) is 5.41 Å². The summed E-state index contributed by atoms with van der Waals surface area (Å²) in [5.74, 6) is 0. The van der Waals surface area contributed by atoms with Crippen LogP contribution in [0.5, 0.6) is 0 Å². The Morgan fingerprint density at radius 2 is 1.93 bits per heavy atom. The second-order valence-electron chi connectivity index (χ2n) is 4.60. The average molecular weight is 186 g/mol. The quantitative estimate of drug-likeness (QED) is 0.576. The lowest BCUT2D eigenvalue weighted by atomic mass is 9.77. The van der Waals surface area contributed by atoms with Gasteiger partial charge in [-0.2, -0.15) is 0 Å². The van der Waals surface area contributed by atoms with E-state index in [2.05, 4.69) is 52.0 Å². The SMILES string of the molecule is CC1=CC(C)(C2=CC=CC2)C(C)=C1C. The lowest BCUT2D eigenvalue weighted by Crippen LogP contribution is -2.15. The van der Waals surface area contributed by atoms with E-state index in [0.717, 1.165) is 6.42 Å². The normalized spacial score (nSPS) is 31.1. The Morgan fingerprint density at radius 3 is 2.36 bits per heavy atom. The Morgan fingerprint density at radius 1 is 1.21 bits per heavy atom. The molecule has 0 aromatic heterocycles. The number of rotatable bonds is 1. The van der Waals surface area contributed by atoms with Gasteiger partial charge in [-0.15, -0.1) is 0 Å². The van der Waals surface area contributed by atoms with Crippen molar-refractivity contribution in [3.63, 3.8) is 0 Å². The van der Waals surface area contributed by atoms with Crippen molar-refractivity contribution in [3.05, 3.63) is 46.6 Å². The van der Waals surface area contributed by atoms with Crippen molar-refractivity contribution in [3.8, 4) is 0 Å². The molecule has 0 spiro atoms. The van der Waals surface area contributed by atoms with Crippen LogP contribution >= 0.6 is 0 Å². The fourth-order valence-electron chi connectivity index (χ4n) is 2.50. The van der Waals surface area contributed by atoms with E-state index in [0.29, 0.717) is 0 Å². The predicted octanol–water partition coefficient (Wildman–Crippen LogP) is 4.18. The molecule has 0 nitrogen and oxygen atoms in total. The summed E-state index contributed by atoms with van der Waals surface area (Å²) in [6.45, 7) is 9.05. The Kier molecular flexibility index (Phi) is 2.02. The molecule has 0 heteroatoms. The van der Waals surface area contributed by atoms with Gasteiger partial charge < -0.3 is 0 Å². The minimum Gasteiger partial charge on any atom is -0.0804 e. The molecule has 0 heterocycles. The van der Waals surface area contributed by atoms with Crippen molar-refractivity contribution in [2.45, 2.75) is 34.1 Å². The van der Waals surface area contributed by atoms with Gasteiger partial charge in [0.15, 0.2) is 0 Å². The van der Waals surface area contributed by atoms with Crippen molar-refractivity contribution in [2.24, 2.45) is 5.41 Å². The minimum absolute atomic E-state index is 0.192. The Bertz CT molecular complexity index is 388. The van der Waals surface area contributed by atoms with Crippen LogP contribution < -0.4 is 0 Å². The van der Waals surface area contributed by atoms with E-state index in [9.17, 15) is 0 Å². The highest BCUT2D eigenvalue weighted by Crippen LogP contribution is 2.47. The van der Waals surface area contributed by atoms with Gasteiger partial charge in [-0.3, -0.25) is 0 Å². The molecule has 0 saturated heterocycles. The summed E-state index contributed by atoms with van der Waals surface area (Å²) in [5, 5.41) is 0. The zero-order chi connectivity index (χ0) is 10.3. The maximum Gasteiger partial charge on any atom is 0.0287 e. The Labute approximate surface area is 86.7 Å². The Hall–Kier alpha value is -1.04. The molecule has 0 aromatic carbocycles. The first-order chi connectivity index (χ1) is 6.55. The second-order valence-corrected chi connectivity index (χ2v) is 4.60. The minimum atomic E-state index is 0.192. The first-order valence-electron chi connectivity index (χ1n) is 5.29. The third kappa shape index (κ3) is 1.13.